The van der Waals surface area contributed by atoms with Gasteiger partial charge in [0.25, 0.3) is 0 Å². The first kappa shape index (κ1) is 28.4. The third-order valence-electron chi connectivity index (χ3n) is 10.2. The highest BCUT2D eigenvalue weighted by atomic mass is 16.5. The molecule has 3 heteroatoms. The molecule has 0 N–H and O–H groups in total. The van der Waals surface area contributed by atoms with E-state index in [4.69, 9.17) is 14.7 Å². The number of rotatable bonds is 4. The highest BCUT2D eigenvalue weighted by Crippen LogP contribution is 2.62. The summed E-state index contributed by atoms with van der Waals surface area (Å²) in [6.07, 6.45) is 0. The number of ether oxygens (including phenoxy) is 1. The van der Waals surface area contributed by atoms with E-state index in [1.54, 1.807) is 0 Å². The van der Waals surface area contributed by atoms with Crippen molar-refractivity contribution >= 4 is 0 Å². The first-order valence-electron chi connectivity index (χ1n) is 17.0. The zero-order valence-corrected chi connectivity index (χ0v) is 27.1. The van der Waals surface area contributed by atoms with Crippen LogP contribution in [0.1, 0.15) is 22.3 Å². The third kappa shape index (κ3) is 4.30. The van der Waals surface area contributed by atoms with Gasteiger partial charge in [-0.25, -0.2) is 9.97 Å². The van der Waals surface area contributed by atoms with Gasteiger partial charge in [-0.15, -0.1) is 0 Å². The molecule has 10 rings (SSSR count). The summed E-state index contributed by atoms with van der Waals surface area (Å²) in [5, 5.41) is 0. The molecule has 1 aliphatic carbocycles. The summed E-state index contributed by atoms with van der Waals surface area (Å²) in [5.74, 6) is 2.52. The second kappa shape index (κ2) is 11.3. The minimum Gasteiger partial charge on any atom is -0.457 e. The van der Waals surface area contributed by atoms with Crippen molar-refractivity contribution in [1.82, 2.24) is 9.97 Å². The first-order valence-corrected chi connectivity index (χ1v) is 17.0. The van der Waals surface area contributed by atoms with Crippen molar-refractivity contribution < 1.29 is 4.74 Å². The topological polar surface area (TPSA) is 35.0 Å². The fourth-order valence-corrected chi connectivity index (χ4v) is 7.94. The van der Waals surface area contributed by atoms with Gasteiger partial charge in [0, 0.05) is 27.8 Å². The monoisotopic (exact) mass is 638 g/mol. The van der Waals surface area contributed by atoms with Gasteiger partial charge in [-0.1, -0.05) is 158 Å². The van der Waals surface area contributed by atoms with E-state index in [1.807, 2.05) is 36.4 Å². The zero-order chi connectivity index (χ0) is 33.1. The van der Waals surface area contributed by atoms with E-state index in [0.29, 0.717) is 5.82 Å². The van der Waals surface area contributed by atoms with Gasteiger partial charge >= 0.3 is 0 Å². The lowest BCUT2D eigenvalue weighted by molar-refractivity contribution is 0.436. The van der Waals surface area contributed by atoms with Gasteiger partial charge in [0.2, 0.25) is 0 Å². The predicted molar refractivity (Wildman–Crippen MR) is 201 cm³/mol. The minimum absolute atomic E-state index is 0.490. The fraction of sp³-hybridized carbons (Fsp3) is 0.0213. The van der Waals surface area contributed by atoms with Crippen LogP contribution in [-0.4, -0.2) is 9.97 Å². The van der Waals surface area contributed by atoms with Crippen molar-refractivity contribution in [1.29, 1.82) is 0 Å². The van der Waals surface area contributed by atoms with Crippen molar-refractivity contribution in [3.8, 4) is 67.7 Å². The Kier molecular flexibility index (Phi) is 6.40. The molecule has 0 saturated heterocycles. The molecule has 0 atom stereocenters. The van der Waals surface area contributed by atoms with Crippen LogP contribution in [0.3, 0.4) is 0 Å². The third-order valence-corrected chi connectivity index (χ3v) is 10.2. The molecule has 2 aliphatic rings. The summed E-state index contributed by atoms with van der Waals surface area (Å²) in [7, 11) is 0. The van der Waals surface area contributed by atoms with E-state index < -0.39 is 5.41 Å². The maximum atomic E-state index is 6.53. The molecule has 1 aliphatic heterocycles. The van der Waals surface area contributed by atoms with Gasteiger partial charge in [-0.05, 0) is 57.6 Å². The van der Waals surface area contributed by atoms with Crippen LogP contribution < -0.4 is 4.74 Å². The zero-order valence-electron chi connectivity index (χ0n) is 27.1. The number of para-hydroxylation sites is 2. The van der Waals surface area contributed by atoms with Crippen molar-refractivity contribution in [3.05, 3.63) is 204 Å². The van der Waals surface area contributed by atoms with E-state index in [2.05, 4.69) is 146 Å². The molecule has 1 spiro atoms. The van der Waals surface area contributed by atoms with Gasteiger partial charge in [0.15, 0.2) is 5.82 Å². The molecule has 0 radical (unpaired) electrons. The molecule has 3 nitrogen and oxygen atoms in total. The van der Waals surface area contributed by atoms with Crippen LogP contribution in [-0.2, 0) is 5.41 Å². The largest absolute Gasteiger partial charge is 0.457 e. The van der Waals surface area contributed by atoms with Crippen LogP contribution in [0.2, 0.25) is 0 Å². The highest BCUT2D eigenvalue weighted by Gasteiger charge is 2.50. The van der Waals surface area contributed by atoms with Crippen molar-refractivity contribution in [2.24, 2.45) is 0 Å². The van der Waals surface area contributed by atoms with E-state index >= 15 is 0 Å². The second-order valence-corrected chi connectivity index (χ2v) is 12.9. The average molecular weight is 639 g/mol. The van der Waals surface area contributed by atoms with Gasteiger partial charge in [-0.3, -0.25) is 0 Å². The molecular weight excluding hydrogens is 609 g/mol. The quantitative estimate of drug-likeness (QED) is 0.192. The van der Waals surface area contributed by atoms with E-state index in [1.165, 1.54) is 38.9 Å². The van der Waals surface area contributed by atoms with Gasteiger partial charge < -0.3 is 4.74 Å². The Balaban J connectivity index is 1.11. The van der Waals surface area contributed by atoms with Crippen LogP contribution in [0.25, 0.3) is 56.2 Å². The number of hydrogen-bond acceptors (Lipinski definition) is 3. The van der Waals surface area contributed by atoms with Gasteiger partial charge in [0.05, 0.1) is 16.8 Å². The normalized spacial score (nSPS) is 13.1. The SMILES string of the molecule is c1ccc(-c2cc(-c3ccc(-c4ccc5c(c4)C4(c6ccccc6Oc6ccccc64)c4ccccc4-5)cc3)nc(-c3ccccc3)n2)cc1. The number of fused-ring (bicyclic) bond motifs is 9. The Morgan fingerprint density at radius 2 is 0.820 bits per heavy atom. The lowest BCUT2D eigenvalue weighted by atomic mass is 9.66. The Morgan fingerprint density at radius 1 is 0.340 bits per heavy atom. The van der Waals surface area contributed by atoms with Crippen LogP contribution in [0.4, 0.5) is 0 Å². The predicted octanol–water partition coefficient (Wildman–Crippen LogP) is 11.6. The molecule has 1 aromatic heterocycles. The van der Waals surface area contributed by atoms with Crippen molar-refractivity contribution in [2.45, 2.75) is 5.41 Å². The summed E-state index contributed by atoms with van der Waals surface area (Å²) in [4.78, 5) is 10.0. The maximum absolute atomic E-state index is 6.53. The van der Waals surface area contributed by atoms with Crippen molar-refractivity contribution in [3.63, 3.8) is 0 Å². The molecule has 234 valence electrons. The molecule has 7 aromatic carbocycles. The molecule has 0 bridgehead atoms. The Morgan fingerprint density at radius 3 is 1.48 bits per heavy atom. The second-order valence-electron chi connectivity index (χ2n) is 12.9. The highest BCUT2D eigenvalue weighted by molar-refractivity contribution is 5.90. The molecular formula is C47H30N2O. The van der Waals surface area contributed by atoms with Crippen LogP contribution in [0.15, 0.2) is 182 Å². The Labute approximate surface area is 291 Å². The minimum atomic E-state index is -0.490. The molecule has 0 fully saturated rings. The van der Waals surface area contributed by atoms with E-state index in [0.717, 1.165) is 45.1 Å². The summed E-state index contributed by atoms with van der Waals surface area (Å²) in [5.41, 5.74) is 14.2. The van der Waals surface area contributed by atoms with Crippen LogP contribution >= 0.6 is 0 Å². The molecule has 2 heterocycles. The lowest BCUT2D eigenvalue weighted by Gasteiger charge is -2.39. The van der Waals surface area contributed by atoms with Crippen molar-refractivity contribution in [2.75, 3.05) is 0 Å². The number of benzene rings is 7. The maximum Gasteiger partial charge on any atom is 0.160 e. The molecule has 0 unspecified atom stereocenters. The van der Waals surface area contributed by atoms with Gasteiger partial charge in [0.1, 0.15) is 11.5 Å². The van der Waals surface area contributed by atoms with Crippen LogP contribution in [0, 0.1) is 0 Å². The number of hydrogen-bond donors (Lipinski definition) is 0. The first-order chi connectivity index (χ1) is 24.8. The van der Waals surface area contributed by atoms with E-state index in [9.17, 15) is 0 Å². The molecule has 8 aromatic rings. The summed E-state index contributed by atoms with van der Waals surface area (Å²) in [6, 6.07) is 64.2. The summed E-state index contributed by atoms with van der Waals surface area (Å²) >= 11 is 0. The molecule has 50 heavy (non-hydrogen) atoms. The van der Waals surface area contributed by atoms with Crippen LogP contribution in [0.5, 0.6) is 11.5 Å². The fourth-order valence-electron chi connectivity index (χ4n) is 7.94. The smallest absolute Gasteiger partial charge is 0.160 e. The number of aromatic nitrogens is 2. The summed E-state index contributed by atoms with van der Waals surface area (Å²) < 4.78 is 6.53. The van der Waals surface area contributed by atoms with Gasteiger partial charge in [-0.2, -0.15) is 0 Å². The molecule has 0 amide bonds. The number of nitrogens with zero attached hydrogens (tertiary/aromatic N) is 2. The Hall–Kier alpha value is -6.58. The standard InChI is InChI=1S/C47H30N2O/c1-3-13-32(14-4-1)42-30-43(49-46(48-42)34-15-5-2-6-16-34)33-25-23-31(24-26-33)35-27-28-37-36-17-7-8-18-38(36)47(41(37)29-35)39-19-9-11-21-44(39)50-45-22-12-10-20-40(45)47/h1-30H. The molecule has 0 saturated carbocycles. The summed E-state index contributed by atoms with van der Waals surface area (Å²) in [6.45, 7) is 0. The van der Waals surface area contributed by atoms with E-state index in [-0.39, 0.29) is 0 Å². The average Bonchev–Trinajstić information content (AvgIpc) is 3.48. The Bertz CT molecular complexity index is 2450. The lowest BCUT2D eigenvalue weighted by Crippen LogP contribution is -2.32.